The molecule has 168 valence electrons. The van der Waals surface area contributed by atoms with Crippen molar-refractivity contribution >= 4 is 40.8 Å². The van der Waals surface area contributed by atoms with E-state index in [9.17, 15) is 4.79 Å². The molecule has 0 unspecified atom stereocenters. The van der Waals surface area contributed by atoms with Crippen LogP contribution in [0.15, 0.2) is 47.5 Å². The van der Waals surface area contributed by atoms with Crippen molar-refractivity contribution in [1.29, 1.82) is 0 Å². The number of halogens is 2. The molecule has 32 heavy (non-hydrogen) atoms. The minimum Gasteiger partial charge on any atom is -0.495 e. The number of guanidine groups is 1. The number of hydrogen-bond acceptors (Lipinski definition) is 4. The van der Waals surface area contributed by atoms with Crippen molar-refractivity contribution in [2.24, 2.45) is 4.99 Å². The normalized spacial score (nSPS) is 11.4. The molecular weight excluding hydrogens is 449 g/mol. The van der Waals surface area contributed by atoms with E-state index in [1.54, 1.807) is 49.6 Å². The third-order valence-electron chi connectivity index (χ3n) is 4.99. The van der Waals surface area contributed by atoms with Gasteiger partial charge in [0.05, 0.1) is 35.6 Å². The fourth-order valence-corrected chi connectivity index (χ4v) is 3.66. The maximum absolute atomic E-state index is 12.9. The van der Waals surface area contributed by atoms with E-state index in [-0.39, 0.29) is 11.9 Å². The first-order valence-corrected chi connectivity index (χ1v) is 10.8. The summed E-state index contributed by atoms with van der Waals surface area (Å²) in [6.07, 6.45) is 0. The van der Waals surface area contributed by atoms with Crippen LogP contribution in [0.3, 0.4) is 0 Å². The van der Waals surface area contributed by atoms with E-state index < -0.39 is 0 Å². The van der Waals surface area contributed by atoms with Crippen molar-refractivity contribution in [3.8, 4) is 5.75 Å². The average Bonchev–Trinajstić information content (AvgIpc) is 3.05. The molecule has 0 radical (unpaired) electrons. The van der Waals surface area contributed by atoms with E-state index in [2.05, 4.69) is 20.7 Å². The third kappa shape index (κ3) is 5.41. The van der Waals surface area contributed by atoms with Crippen LogP contribution in [0.4, 0.5) is 5.69 Å². The van der Waals surface area contributed by atoms with Gasteiger partial charge < -0.3 is 10.1 Å². The number of ether oxygens (including phenoxy) is 1. The smallest absolute Gasteiger partial charge is 0.259 e. The zero-order chi connectivity index (χ0) is 23.3. The zero-order valence-electron chi connectivity index (χ0n) is 18.4. The molecule has 2 aromatic carbocycles. The highest BCUT2D eigenvalue weighted by molar-refractivity contribution is 6.34. The molecule has 2 N–H and O–H groups in total. The van der Waals surface area contributed by atoms with Crippen LogP contribution in [0.2, 0.25) is 10.0 Å². The second kappa shape index (κ2) is 10.5. The fourth-order valence-electron chi connectivity index (χ4n) is 3.26. The second-order valence-corrected chi connectivity index (χ2v) is 7.88. The van der Waals surface area contributed by atoms with E-state index >= 15 is 0 Å². The third-order valence-corrected chi connectivity index (χ3v) is 5.56. The van der Waals surface area contributed by atoms with E-state index in [1.165, 1.54) is 0 Å². The molecule has 0 saturated carbocycles. The van der Waals surface area contributed by atoms with Gasteiger partial charge in [0.15, 0.2) is 0 Å². The number of aryl methyl sites for hydroxylation is 2. The highest BCUT2D eigenvalue weighted by Gasteiger charge is 2.16. The molecule has 0 atom stereocenters. The second-order valence-electron chi connectivity index (χ2n) is 7.03. The Bertz CT molecular complexity index is 1160. The Morgan fingerprint density at radius 3 is 2.59 bits per heavy atom. The van der Waals surface area contributed by atoms with E-state index in [1.807, 2.05) is 25.5 Å². The molecule has 0 aliphatic heterocycles. The molecule has 1 heterocycles. The van der Waals surface area contributed by atoms with Crippen molar-refractivity contribution in [3.63, 3.8) is 0 Å². The van der Waals surface area contributed by atoms with Crippen LogP contribution in [0.1, 0.15) is 34.2 Å². The predicted octanol–water partition coefficient (Wildman–Crippen LogP) is 5.23. The summed E-state index contributed by atoms with van der Waals surface area (Å²) >= 11 is 12.4. The predicted molar refractivity (Wildman–Crippen MR) is 129 cm³/mol. The number of hydrogen-bond donors (Lipinski definition) is 2. The van der Waals surface area contributed by atoms with Gasteiger partial charge in [0.25, 0.3) is 5.91 Å². The number of benzene rings is 2. The number of aromatic nitrogens is 2. The lowest BCUT2D eigenvalue weighted by atomic mass is 10.2. The van der Waals surface area contributed by atoms with Crippen LogP contribution < -0.4 is 15.4 Å². The Balaban J connectivity index is 1.95. The van der Waals surface area contributed by atoms with Gasteiger partial charge in [-0.25, -0.2) is 4.99 Å². The number of anilines is 1. The first kappa shape index (κ1) is 23.6. The van der Waals surface area contributed by atoms with Crippen LogP contribution in [0, 0.1) is 13.8 Å². The summed E-state index contributed by atoms with van der Waals surface area (Å²) in [6.45, 7) is 7.08. The van der Waals surface area contributed by atoms with Gasteiger partial charge in [-0.15, -0.1) is 0 Å². The number of nitrogens with one attached hydrogen (secondary N) is 2. The molecule has 0 spiro atoms. The first-order valence-electron chi connectivity index (χ1n) is 10.1. The zero-order valence-corrected chi connectivity index (χ0v) is 19.9. The van der Waals surface area contributed by atoms with Gasteiger partial charge in [0.1, 0.15) is 5.75 Å². The Kier molecular flexibility index (Phi) is 7.77. The van der Waals surface area contributed by atoms with Crippen LogP contribution in [0.5, 0.6) is 5.75 Å². The summed E-state index contributed by atoms with van der Waals surface area (Å²) in [4.78, 5) is 17.5. The number of carbonyl (C=O) groups excluding carboxylic acids is 1. The topological polar surface area (TPSA) is 80.5 Å². The van der Waals surface area contributed by atoms with Crippen molar-refractivity contribution in [3.05, 3.63) is 75.0 Å². The summed E-state index contributed by atoms with van der Waals surface area (Å²) in [5.74, 6) is 0.402. The van der Waals surface area contributed by atoms with Gasteiger partial charge >= 0.3 is 0 Å². The summed E-state index contributed by atoms with van der Waals surface area (Å²) < 4.78 is 7.33. The summed E-state index contributed by atoms with van der Waals surface area (Å²) in [7, 11) is 1.55. The lowest BCUT2D eigenvalue weighted by molar-refractivity contribution is 0.0977. The Morgan fingerprint density at radius 2 is 1.94 bits per heavy atom. The minimum atomic E-state index is -0.388. The van der Waals surface area contributed by atoms with Gasteiger partial charge in [-0.05, 0) is 51.1 Å². The maximum atomic E-state index is 12.9. The number of rotatable bonds is 6. The standard InChI is InChI=1S/C23H25Cl2N5O2/c1-5-30-15(3)18(14(2)29-30)13-26-23(27-20-12-16(24)10-11-21(20)32-4)28-22(31)17-8-6-7-9-19(17)25/h6-12H,5,13H2,1-4H3,(H2,26,27,28,31). The van der Waals surface area contributed by atoms with E-state index in [0.717, 1.165) is 23.5 Å². The van der Waals surface area contributed by atoms with Crippen LogP contribution in [-0.2, 0) is 13.1 Å². The number of methoxy groups -OCH3 is 1. The summed E-state index contributed by atoms with van der Waals surface area (Å²) in [6, 6.07) is 12.0. The molecule has 0 bridgehead atoms. The monoisotopic (exact) mass is 473 g/mol. The molecule has 3 aromatic rings. The van der Waals surface area contributed by atoms with Crippen molar-refractivity contribution < 1.29 is 9.53 Å². The van der Waals surface area contributed by atoms with Crippen LogP contribution >= 0.6 is 23.2 Å². The SMILES string of the molecule is CCn1nc(C)c(CN=C(NC(=O)c2ccccc2Cl)Nc2cc(Cl)ccc2OC)c1C. The number of nitrogens with zero attached hydrogens (tertiary/aromatic N) is 3. The molecule has 9 heteroatoms. The minimum absolute atomic E-state index is 0.235. The average molecular weight is 474 g/mol. The van der Waals surface area contributed by atoms with Crippen LogP contribution in [0.25, 0.3) is 0 Å². The van der Waals surface area contributed by atoms with Gasteiger partial charge in [0.2, 0.25) is 5.96 Å². The van der Waals surface area contributed by atoms with E-state index in [0.29, 0.717) is 33.6 Å². The molecule has 1 aromatic heterocycles. The Hall–Kier alpha value is -3.03. The molecule has 0 aliphatic carbocycles. The molecule has 0 saturated heterocycles. The number of carbonyl (C=O) groups is 1. The van der Waals surface area contributed by atoms with Gasteiger partial charge in [0, 0.05) is 22.8 Å². The highest BCUT2D eigenvalue weighted by Crippen LogP contribution is 2.27. The summed E-state index contributed by atoms with van der Waals surface area (Å²) in [5.41, 5.74) is 3.83. The van der Waals surface area contributed by atoms with Crippen molar-refractivity contribution in [2.45, 2.75) is 33.9 Å². The highest BCUT2D eigenvalue weighted by atomic mass is 35.5. The number of aliphatic imine (C=N–C) groups is 1. The van der Waals surface area contributed by atoms with Crippen LogP contribution in [-0.4, -0.2) is 28.8 Å². The molecule has 0 fully saturated rings. The molecule has 0 aliphatic rings. The van der Waals surface area contributed by atoms with Gasteiger partial charge in [-0.3, -0.25) is 14.8 Å². The molecule has 7 nitrogen and oxygen atoms in total. The maximum Gasteiger partial charge on any atom is 0.259 e. The number of amides is 1. The van der Waals surface area contributed by atoms with Crippen molar-refractivity contribution in [2.75, 3.05) is 12.4 Å². The Morgan fingerprint density at radius 1 is 1.19 bits per heavy atom. The molecule has 1 amide bonds. The van der Waals surface area contributed by atoms with Gasteiger partial charge in [-0.2, -0.15) is 5.10 Å². The lowest BCUT2D eigenvalue weighted by Crippen LogP contribution is -2.36. The Labute approximate surface area is 197 Å². The first-order chi connectivity index (χ1) is 15.3. The quantitative estimate of drug-likeness (QED) is 0.379. The molecule has 3 rings (SSSR count). The van der Waals surface area contributed by atoms with Crippen molar-refractivity contribution in [1.82, 2.24) is 15.1 Å². The fraction of sp³-hybridized carbons (Fsp3) is 0.261. The van der Waals surface area contributed by atoms with Gasteiger partial charge in [-0.1, -0.05) is 35.3 Å². The summed E-state index contributed by atoms with van der Waals surface area (Å²) in [5, 5.41) is 11.3. The largest absolute Gasteiger partial charge is 0.495 e. The lowest BCUT2D eigenvalue weighted by Gasteiger charge is -2.15. The van der Waals surface area contributed by atoms with E-state index in [4.69, 9.17) is 27.9 Å². The molecular formula is C23H25Cl2N5O2.